The monoisotopic (exact) mass is 295 g/mol. The lowest BCUT2D eigenvalue weighted by Crippen LogP contribution is -2.14. The van der Waals surface area contributed by atoms with E-state index in [0.29, 0.717) is 13.0 Å². The summed E-state index contributed by atoms with van der Waals surface area (Å²) in [5, 5.41) is 0. The van der Waals surface area contributed by atoms with Crippen LogP contribution in [0.1, 0.15) is 12.0 Å². The molecule has 0 amide bonds. The number of nitrogens with zero attached hydrogens (tertiary/aromatic N) is 1. The first-order valence-corrected chi connectivity index (χ1v) is 5.69. The van der Waals surface area contributed by atoms with E-state index in [1.807, 2.05) is 19.0 Å². The highest BCUT2D eigenvalue weighted by Gasteiger charge is 2.16. The van der Waals surface area contributed by atoms with E-state index < -0.39 is 17.5 Å². The Kier molecular flexibility index (Phi) is 4.80. The maximum absolute atomic E-state index is 13.4. The summed E-state index contributed by atoms with van der Waals surface area (Å²) in [6.07, 6.45) is 0.780. The highest BCUT2D eigenvalue weighted by atomic mass is 79.9. The number of rotatable bonds is 4. The number of halogens is 4. The van der Waals surface area contributed by atoms with Gasteiger partial charge in [-0.1, -0.05) is 0 Å². The molecule has 0 radical (unpaired) electrons. The van der Waals surface area contributed by atoms with Gasteiger partial charge in [0, 0.05) is 5.56 Å². The first kappa shape index (κ1) is 13.5. The van der Waals surface area contributed by atoms with Gasteiger partial charge in [-0.25, -0.2) is 13.2 Å². The van der Waals surface area contributed by atoms with Crippen molar-refractivity contribution in [2.45, 2.75) is 12.8 Å². The molecule has 0 aliphatic rings. The summed E-state index contributed by atoms with van der Waals surface area (Å²) >= 11 is 2.76. The molecule has 0 saturated heterocycles. The second-order valence-corrected chi connectivity index (χ2v) is 4.71. The van der Waals surface area contributed by atoms with Crippen molar-refractivity contribution in [3.8, 4) is 0 Å². The van der Waals surface area contributed by atoms with Crippen LogP contribution in [0.4, 0.5) is 13.2 Å². The molecule has 0 aromatic heterocycles. The van der Waals surface area contributed by atoms with Gasteiger partial charge in [0.05, 0.1) is 4.47 Å². The molecule has 0 saturated carbocycles. The van der Waals surface area contributed by atoms with E-state index in [0.717, 1.165) is 6.07 Å². The summed E-state index contributed by atoms with van der Waals surface area (Å²) in [4.78, 5) is 1.91. The molecule has 0 fully saturated rings. The standard InChI is InChI=1S/C11H13BrF3N/c1-16(2)5-3-4-7-9(13)6-8(12)11(15)10(7)14/h6H,3-5H2,1-2H3. The molecule has 0 unspecified atom stereocenters. The third-order valence-electron chi connectivity index (χ3n) is 2.24. The molecule has 1 nitrogen and oxygen atoms in total. The van der Waals surface area contributed by atoms with Crippen LogP contribution in [0, 0.1) is 17.5 Å². The first-order valence-electron chi connectivity index (χ1n) is 4.90. The first-order chi connectivity index (χ1) is 7.43. The van der Waals surface area contributed by atoms with Crippen LogP contribution in [0.5, 0.6) is 0 Å². The molecule has 0 aliphatic carbocycles. The van der Waals surface area contributed by atoms with Crippen molar-refractivity contribution in [3.05, 3.63) is 33.6 Å². The third kappa shape index (κ3) is 3.22. The minimum absolute atomic E-state index is 0.178. The zero-order valence-electron chi connectivity index (χ0n) is 9.16. The summed E-state index contributed by atoms with van der Waals surface area (Å²) in [5.41, 5.74) is -0.178. The van der Waals surface area contributed by atoms with Crippen molar-refractivity contribution in [2.75, 3.05) is 20.6 Å². The van der Waals surface area contributed by atoms with Gasteiger partial charge in [0.2, 0.25) is 0 Å². The molecule has 0 atom stereocenters. The highest BCUT2D eigenvalue weighted by molar-refractivity contribution is 9.10. The summed E-state index contributed by atoms with van der Waals surface area (Å²) < 4.78 is 39.7. The molecule has 0 spiro atoms. The van der Waals surface area contributed by atoms with E-state index >= 15 is 0 Å². The van der Waals surface area contributed by atoms with Gasteiger partial charge in [-0.2, -0.15) is 0 Å². The van der Waals surface area contributed by atoms with E-state index in [-0.39, 0.29) is 16.5 Å². The van der Waals surface area contributed by atoms with E-state index in [2.05, 4.69) is 15.9 Å². The minimum atomic E-state index is -1.09. The Balaban J connectivity index is 2.84. The van der Waals surface area contributed by atoms with Crippen molar-refractivity contribution < 1.29 is 13.2 Å². The molecule has 0 N–H and O–H groups in total. The SMILES string of the molecule is CN(C)CCCc1c(F)cc(Br)c(F)c1F. The fraction of sp³-hybridized carbons (Fsp3) is 0.455. The molecule has 90 valence electrons. The minimum Gasteiger partial charge on any atom is -0.309 e. The molecule has 16 heavy (non-hydrogen) atoms. The molecular formula is C11H13BrF3N. The molecule has 1 rings (SSSR count). The van der Waals surface area contributed by atoms with E-state index in [4.69, 9.17) is 0 Å². The number of hydrogen-bond donors (Lipinski definition) is 0. The lowest BCUT2D eigenvalue weighted by Gasteiger charge is -2.10. The predicted molar refractivity (Wildman–Crippen MR) is 60.9 cm³/mol. The quantitative estimate of drug-likeness (QED) is 0.608. The summed E-state index contributed by atoms with van der Waals surface area (Å²) in [7, 11) is 3.74. The fourth-order valence-electron chi connectivity index (χ4n) is 1.41. The lowest BCUT2D eigenvalue weighted by atomic mass is 10.1. The smallest absolute Gasteiger partial charge is 0.173 e. The lowest BCUT2D eigenvalue weighted by molar-refractivity contribution is 0.394. The largest absolute Gasteiger partial charge is 0.309 e. The van der Waals surface area contributed by atoms with Gasteiger partial charge in [-0.15, -0.1) is 0 Å². The maximum atomic E-state index is 13.4. The molecule has 0 aliphatic heterocycles. The Morgan fingerprint density at radius 1 is 1.19 bits per heavy atom. The van der Waals surface area contributed by atoms with Crippen LogP contribution in [-0.2, 0) is 6.42 Å². The molecular weight excluding hydrogens is 283 g/mol. The topological polar surface area (TPSA) is 3.24 Å². The van der Waals surface area contributed by atoms with Crippen molar-refractivity contribution in [1.29, 1.82) is 0 Å². The van der Waals surface area contributed by atoms with Gasteiger partial charge in [0.15, 0.2) is 11.6 Å². The van der Waals surface area contributed by atoms with Crippen LogP contribution in [0.25, 0.3) is 0 Å². The van der Waals surface area contributed by atoms with Gasteiger partial charge in [0.25, 0.3) is 0 Å². The third-order valence-corrected chi connectivity index (χ3v) is 2.82. The molecule has 5 heteroatoms. The van der Waals surface area contributed by atoms with Crippen molar-refractivity contribution in [2.24, 2.45) is 0 Å². The van der Waals surface area contributed by atoms with Crippen LogP contribution in [0.3, 0.4) is 0 Å². The Hall–Kier alpha value is -0.550. The summed E-state index contributed by atoms with van der Waals surface area (Å²) in [6.45, 7) is 0.705. The Morgan fingerprint density at radius 3 is 2.38 bits per heavy atom. The van der Waals surface area contributed by atoms with Crippen LogP contribution < -0.4 is 0 Å². The second kappa shape index (κ2) is 5.68. The van der Waals surface area contributed by atoms with Crippen LogP contribution in [0.15, 0.2) is 10.5 Å². The molecule has 1 aromatic rings. The van der Waals surface area contributed by atoms with Crippen molar-refractivity contribution >= 4 is 15.9 Å². The average molecular weight is 296 g/mol. The summed E-state index contributed by atoms with van der Waals surface area (Å²) in [5.74, 6) is -2.82. The van der Waals surface area contributed by atoms with Gasteiger partial charge in [-0.05, 0) is 55.5 Å². The second-order valence-electron chi connectivity index (χ2n) is 3.85. The zero-order valence-corrected chi connectivity index (χ0v) is 10.7. The Labute approximate surface area is 101 Å². The van der Waals surface area contributed by atoms with Crippen molar-refractivity contribution in [1.82, 2.24) is 4.90 Å². The summed E-state index contributed by atoms with van der Waals surface area (Å²) in [6, 6.07) is 0.962. The van der Waals surface area contributed by atoms with Gasteiger partial charge in [0.1, 0.15) is 5.82 Å². The maximum Gasteiger partial charge on any atom is 0.173 e. The van der Waals surface area contributed by atoms with Gasteiger partial charge >= 0.3 is 0 Å². The average Bonchev–Trinajstić information content (AvgIpc) is 2.19. The van der Waals surface area contributed by atoms with Crippen LogP contribution >= 0.6 is 15.9 Å². The van der Waals surface area contributed by atoms with Gasteiger partial charge < -0.3 is 4.90 Å². The Morgan fingerprint density at radius 2 is 1.81 bits per heavy atom. The molecule has 0 heterocycles. The van der Waals surface area contributed by atoms with Crippen LogP contribution in [-0.4, -0.2) is 25.5 Å². The predicted octanol–water partition coefficient (Wildman–Crippen LogP) is 3.36. The van der Waals surface area contributed by atoms with E-state index in [9.17, 15) is 13.2 Å². The van der Waals surface area contributed by atoms with Crippen LogP contribution in [0.2, 0.25) is 0 Å². The highest BCUT2D eigenvalue weighted by Crippen LogP contribution is 2.24. The fourth-order valence-corrected chi connectivity index (χ4v) is 1.78. The zero-order chi connectivity index (χ0) is 12.3. The number of benzene rings is 1. The number of hydrogen-bond acceptors (Lipinski definition) is 1. The molecule has 1 aromatic carbocycles. The van der Waals surface area contributed by atoms with Gasteiger partial charge in [-0.3, -0.25) is 0 Å². The van der Waals surface area contributed by atoms with E-state index in [1.165, 1.54) is 0 Å². The van der Waals surface area contributed by atoms with Crippen molar-refractivity contribution in [3.63, 3.8) is 0 Å². The molecule has 0 bridgehead atoms. The van der Waals surface area contributed by atoms with E-state index in [1.54, 1.807) is 0 Å². The Bertz CT molecular complexity index is 380. The normalized spacial score (nSPS) is 11.2.